The van der Waals surface area contributed by atoms with Crippen LogP contribution in [0.4, 0.5) is 0 Å². The lowest BCUT2D eigenvalue weighted by Crippen LogP contribution is -2.16. The third-order valence-corrected chi connectivity index (χ3v) is 1.85. The second-order valence-electron chi connectivity index (χ2n) is 3.33. The van der Waals surface area contributed by atoms with Crippen molar-refractivity contribution in [2.24, 2.45) is 5.41 Å². The first kappa shape index (κ1) is 7.07. The van der Waals surface area contributed by atoms with Gasteiger partial charge in [0.25, 0.3) is 0 Å². The van der Waals surface area contributed by atoms with E-state index in [0.717, 1.165) is 6.54 Å². The van der Waals surface area contributed by atoms with E-state index in [-0.39, 0.29) is 0 Å². The summed E-state index contributed by atoms with van der Waals surface area (Å²) in [7, 11) is 0. The topological polar surface area (TPSA) is 3.24 Å². The number of nitrogens with zero attached hydrogens (tertiary/aromatic N) is 1. The number of likely N-dealkylation sites (tertiary alicyclic amines) is 1. The molecule has 1 nitrogen and oxygen atoms in total. The van der Waals surface area contributed by atoms with Crippen LogP contribution in [0, 0.1) is 12.0 Å². The summed E-state index contributed by atoms with van der Waals surface area (Å²) >= 11 is 0. The summed E-state index contributed by atoms with van der Waals surface area (Å²) in [6.07, 6.45) is 1.26. The van der Waals surface area contributed by atoms with Crippen LogP contribution in [0.5, 0.6) is 0 Å². The van der Waals surface area contributed by atoms with Crippen molar-refractivity contribution < 1.29 is 0 Å². The van der Waals surface area contributed by atoms with E-state index in [1.54, 1.807) is 0 Å². The van der Waals surface area contributed by atoms with Crippen LogP contribution >= 0.6 is 0 Å². The fourth-order valence-corrected chi connectivity index (χ4v) is 1.19. The molecule has 0 unspecified atom stereocenters. The molecule has 0 aromatic carbocycles. The van der Waals surface area contributed by atoms with E-state index in [9.17, 15) is 0 Å². The Labute approximate surface area is 58.0 Å². The predicted octanol–water partition coefficient (Wildman–Crippen LogP) is 1.78. The van der Waals surface area contributed by atoms with Crippen molar-refractivity contribution in [3.8, 4) is 0 Å². The molecular formula is C8H15N. The van der Waals surface area contributed by atoms with Crippen LogP contribution in [0.25, 0.3) is 0 Å². The molecule has 1 rings (SSSR count). The Hall–Kier alpha value is -0.0400. The average molecular weight is 125 g/mol. The molecule has 9 heavy (non-hydrogen) atoms. The fourth-order valence-electron chi connectivity index (χ4n) is 1.19. The summed E-state index contributed by atoms with van der Waals surface area (Å²) in [6.45, 7) is 12.4. The van der Waals surface area contributed by atoms with Crippen molar-refractivity contribution in [1.82, 2.24) is 4.90 Å². The SMILES string of the molecule is CCN1[C]C(C)(C)CC1. The molecule has 0 bridgehead atoms. The summed E-state index contributed by atoms with van der Waals surface area (Å²) in [5.41, 5.74) is 0.343. The molecule has 2 radical (unpaired) electrons. The lowest BCUT2D eigenvalue weighted by atomic mass is 9.93. The van der Waals surface area contributed by atoms with Gasteiger partial charge in [-0.1, -0.05) is 20.8 Å². The van der Waals surface area contributed by atoms with E-state index in [0.29, 0.717) is 5.41 Å². The summed E-state index contributed by atoms with van der Waals surface area (Å²) in [5.74, 6) is 0. The predicted molar refractivity (Wildman–Crippen MR) is 38.9 cm³/mol. The van der Waals surface area contributed by atoms with E-state index >= 15 is 0 Å². The second-order valence-corrected chi connectivity index (χ2v) is 3.33. The Morgan fingerprint density at radius 3 is 2.44 bits per heavy atom. The van der Waals surface area contributed by atoms with Crippen molar-refractivity contribution in [1.29, 1.82) is 0 Å². The van der Waals surface area contributed by atoms with Gasteiger partial charge in [-0.15, -0.1) is 0 Å². The Balaban J connectivity index is 2.38. The van der Waals surface area contributed by atoms with E-state index in [1.165, 1.54) is 13.0 Å². The maximum absolute atomic E-state index is 3.41. The summed E-state index contributed by atoms with van der Waals surface area (Å²) in [6, 6.07) is 0. The molecule has 1 heterocycles. The minimum absolute atomic E-state index is 0.343. The van der Waals surface area contributed by atoms with Gasteiger partial charge in [0, 0.05) is 0 Å². The first-order valence-corrected chi connectivity index (χ1v) is 3.67. The third kappa shape index (κ3) is 1.68. The first-order valence-electron chi connectivity index (χ1n) is 3.67. The highest BCUT2D eigenvalue weighted by molar-refractivity contribution is 4.91. The summed E-state index contributed by atoms with van der Waals surface area (Å²) < 4.78 is 0. The molecule has 1 saturated heterocycles. The number of rotatable bonds is 1. The molecular weight excluding hydrogens is 110 g/mol. The Morgan fingerprint density at radius 2 is 2.22 bits per heavy atom. The van der Waals surface area contributed by atoms with Crippen molar-refractivity contribution in [3.63, 3.8) is 0 Å². The molecule has 1 aliphatic rings. The fraction of sp³-hybridized carbons (Fsp3) is 0.875. The second kappa shape index (κ2) is 2.30. The van der Waals surface area contributed by atoms with E-state index in [1.807, 2.05) is 0 Å². The van der Waals surface area contributed by atoms with E-state index in [2.05, 4.69) is 32.2 Å². The van der Waals surface area contributed by atoms with E-state index in [4.69, 9.17) is 0 Å². The average Bonchev–Trinajstić information content (AvgIpc) is 2.10. The maximum atomic E-state index is 3.41. The minimum atomic E-state index is 0.343. The Kier molecular flexibility index (Phi) is 1.80. The molecule has 0 amide bonds. The van der Waals surface area contributed by atoms with Crippen molar-refractivity contribution in [2.45, 2.75) is 27.2 Å². The molecule has 1 heteroatoms. The molecule has 0 N–H and O–H groups in total. The van der Waals surface area contributed by atoms with Crippen LogP contribution in [0.15, 0.2) is 0 Å². The first-order chi connectivity index (χ1) is 4.14. The van der Waals surface area contributed by atoms with Crippen LogP contribution in [0.1, 0.15) is 27.2 Å². The Bertz CT molecular complexity index is 96.7. The Morgan fingerprint density at radius 1 is 1.56 bits per heavy atom. The zero-order chi connectivity index (χ0) is 6.91. The quantitative estimate of drug-likeness (QED) is 0.516. The van der Waals surface area contributed by atoms with Gasteiger partial charge in [-0.05, 0) is 24.9 Å². The highest BCUT2D eigenvalue weighted by Crippen LogP contribution is 2.32. The standard InChI is InChI=1S/C8H15N/c1-4-9-6-5-8(2,3)7-9/h4-6H2,1-3H3. The van der Waals surface area contributed by atoms with Gasteiger partial charge in [0.2, 0.25) is 0 Å². The van der Waals surface area contributed by atoms with Gasteiger partial charge < -0.3 is 0 Å². The summed E-state index contributed by atoms with van der Waals surface area (Å²) in [5, 5.41) is 0. The van der Waals surface area contributed by atoms with Crippen LogP contribution in [0.2, 0.25) is 0 Å². The highest BCUT2D eigenvalue weighted by atomic mass is 15.1. The monoisotopic (exact) mass is 125 g/mol. The number of hydrogen-bond donors (Lipinski definition) is 0. The third-order valence-electron chi connectivity index (χ3n) is 1.85. The lowest BCUT2D eigenvalue weighted by Gasteiger charge is -2.15. The van der Waals surface area contributed by atoms with Crippen LogP contribution < -0.4 is 0 Å². The van der Waals surface area contributed by atoms with Gasteiger partial charge in [0.1, 0.15) is 0 Å². The number of hydrogen-bond acceptors (Lipinski definition) is 1. The molecule has 0 aromatic rings. The molecule has 0 saturated carbocycles. The minimum Gasteiger partial charge on any atom is -0.294 e. The highest BCUT2D eigenvalue weighted by Gasteiger charge is 2.28. The van der Waals surface area contributed by atoms with Gasteiger partial charge in [-0.25, -0.2) is 0 Å². The van der Waals surface area contributed by atoms with E-state index < -0.39 is 0 Å². The van der Waals surface area contributed by atoms with Crippen LogP contribution in [-0.2, 0) is 0 Å². The largest absolute Gasteiger partial charge is 0.294 e. The molecule has 52 valence electrons. The molecule has 0 aromatic heterocycles. The lowest BCUT2D eigenvalue weighted by molar-refractivity contribution is 0.380. The van der Waals surface area contributed by atoms with Gasteiger partial charge in [0.15, 0.2) is 0 Å². The zero-order valence-electron chi connectivity index (χ0n) is 6.57. The van der Waals surface area contributed by atoms with Crippen molar-refractivity contribution >= 4 is 0 Å². The molecule has 0 atom stereocenters. The van der Waals surface area contributed by atoms with Crippen LogP contribution in [-0.4, -0.2) is 18.0 Å². The van der Waals surface area contributed by atoms with Gasteiger partial charge in [-0.3, -0.25) is 4.90 Å². The van der Waals surface area contributed by atoms with Crippen molar-refractivity contribution in [2.75, 3.05) is 13.1 Å². The summed E-state index contributed by atoms with van der Waals surface area (Å²) in [4.78, 5) is 2.26. The smallest absolute Gasteiger partial charge is 0.0678 e. The van der Waals surface area contributed by atoms with Crippen LogP contribution in [0.3, 0.4) is 0 Å². The molecule has 0 spiro atoms. The normalized spacial score (nSPS) is 27.0. The van der Waals surface area contributed by atoms with Gasteiger partial charge in [0.05, 0.1) is 6.54 Å². The maximum Gasteiger partial charge on any atom is 0.0678 e. The molecule has 1 aliphatic heterocycles. The molecule has 1 fully saturated rings. The zero-order valence-corrected chi connectivity index (χ0v) is 6.57. The van der Waals surface area contributed by atoms with Gasteiger partial charge >= 0.3 is 0 Å². The van der Waals surface area contributed by atoms with Gasteiger partial charge in [-0.2, -0.15) is 0 Å². The molecule has 0 aliphatic carbocycles. The van der Waals surface area contributed by atoms with Crippen molar-refractivity contribution in [3.05, 3.63) is 6.54 Å².